The molecule has 0 aliphatic carbocycles. The molecule has 0 unspecified atom stereocenters. The van der Waals surface area contributed by atoms with Crippen molar-refractivity contribution in [3.63, 3.8) is 0 Å². The minimum Gasteiger partial charge on any atom is -0.326 e. The van der Waals surface area contributed by atoms with Crippen LogP contribution in [0.5, 0.6) is 0 Å². The van der Waals surface area contributed by atoms with Crippen LogP contribution < -0.4 is 10.6 Å². The van der Waals surface area contributed by atoms with Crippen LogP contribution in [-0.2, 0) is 11.3 Å². The molecule has 0 aliphatic rings. The van der Waals surface area contributed by atoms with Gasteiger partial charge in [-0.05, 0) is 49.2 Å². The summed E-state index contributed by atoms with van der Waals surface area (Å²) in [6, 6.07) is 15.0. The fraction of sp³-hybridized carbons (Fsp3) is 0.174. The van der Waals surface area contributed by atoms with Crippen LogP contribution in [0.4, 0.5) is 11.4 Å². The van der Waals surface area contributed by atoms with Gasteiger partial charge in [-0.3, -0.25) is 14.3 Å². The third kappa shape index (κ3) is 4.47. The molecule has 6 nitrogen and oxygen atoms in total. The van der Waals surface area contributed by atoms with Crippen LogP contribution in [0, 0.1) is 13.8 Å². The first kappa shape index (κ1) is 21.1. The number of rotatable bonds is 5. The van der Waals surface area contributed by atoms with Gasteiger partial charge in [0.25, 0.3) is 5.91 Å². The van der Waals surface area contributed by atoms with Gasteiger partial charge in [0.1, 0.15) is 4.83 Å². The van der Waals surface area contributed by atoms with Gasteiger partial charge in [0.2, 0.25) is 5.91 Å². The molecule has 8 heteroatoms. The van der Waals surface area contributed by atoms with E-state index in [0.29, 0.717) is 27.8 Å². The highest BCUT2D eigenvalue weighted by Gasteiger charge is 2.17. The van der Waals surface area contributed by atoms with Crippen LogP contribution in [0.3, 0.4) is 0 Å². The Bertz CT molecular complexity index is 1310. The standard InChI is InChI=1S/C23H21ClN4O2S/c1-13-8-9-17(10-20(13)25-15(3)29)26-22(30)21-11-18-14(2)27-28(23(18)31-21)12-16-6-4-5-7-19(16)24/h4-11H,12H2,1-3H3,(H,25,29)(H,26,30). The minimum atomic E-state index is -0.206. The van der Waals surface area contributed by atoms with Gasteiger partial charge in [-0.1, -0.05) is 35.9 Å². The summed E-state index contributed by atoms with van der Waals surface area (Å²) >= 11 is 7.70. The highest BCUT2D eigenvalue weighted by Crippen LogP contribution is 2.30. The van der Waals surface area contributed by atoms with Crippen molar-refractivity contribution < 1.29 is 9.59 Å². The van der Waals surface area contributed by atoms with Gasteiger partial charge in [0.05, 0.1) is 17.1 Å². The molecular weight excluding hydrogens is 432 g/mol. The van der Waals surface area contributed by atoms with Crippen molar-refractivity contribution >= 4 is 56.3 Å². The van der Waals surface area contributed by atoms with E-state index in [1.165, 1.54) is 18.3 Å². The quantitative estimate of drug-likeness (QED) is 0.412. The first-order valence-corrected chi connectivity index (χ1v) is 10.9. The predicted octanol–water partition coefficient (Wildman–Crippen LogP) is 5.63. The Morgan fingerprint density at radius 3 is 2.61 bits per heavy atom. The molecule has 0 aliphatic heterocycles. The van der Waals surface area contributed by atoms with Crippen molar-refractivity contribution in [3.8, 4) is 0 Å². The summed E-state index contributed by atoms with van der Waals surface area (Å²) < 4.78 is 1.88. The molecule has 0 radical (unpaired) electrons. The average Bonchev–Trinajstić information content (AvgIpc) is 3.27. The number of carbonyl (C=O) groups excluding carboxylic acids is 2. The van der Waals surface area contributed by atoms with Crippen LogP contribution in [0.25, 0.3) is 10.2 Å². The van der Waals surface area contributed by atoms with E-state index in [-0.39, 0.29) is 11.8 Å². The topological polar surface area (TPSA) is 76.0 Å². The highest BCUT2D eigenvalue weighted by atomic mass is 35.5. The number of amides is 2. The van der Waals surface area contributed by atoms with Crippen molar-refractivity contribution in [2.24, 2.45) is 0 Å². The molecule has 2 amide bonds. The van der Waals surface area contributed by atoms with E-state index in [2.05, 4.69) is 15.7 Å². The second-order valence-electron chi connectivity index (χ2n) is 7.33. The lowest BCUT2D eigenvalue weighted by atomic mass is 10.1. The molecule has 0 bridgehead atoms. The maximum atomic E-state index is 12.9. The van der Waals surface area contributed by atoms with E-state index in [9.17, 15) is 9.59 Å². The Morgan fingerprint density at radius 2 is 1.87 bits per heavy atom. The summed E-state index contributed by atoms with van der Waals surface area (Å²) in [6.07, 6.45) is 0. The lowest BCUT2D eigenvalue weighted by Gasteiger charge is -2.10. The highest BCUT2D eigenvalue weighted by molar-refractivity contribution is 7.20. The molecule has 4 rings (SSSR count). The second-order valence-corrected chi connectivity index (χ2v) is 8.77. The summed E-state index contributed by atoms with van der Waals surface area (Å²) in [7, 11) is 0. The number of aromatic nitrogens is 2. The summed E-state index contributed by atoms with van der Waals surface area (Å²) in [5.41, 5.74) is 4.04. The smallest absolute Gasteiger partial charge is 0.265 e. The monoisotopic (exact) mass is 452 g/mol. The maximum absolute atomic E-state index is 12.9. The van der Waals surface area contributed by atoms with Crippen LogP contribution in [0.1, 0.15) is 33.4 Å². The molecule has 0 saturated carbocycles. The number of nitrogens with zero attached hydrogens (tertiary/aromatic N) is 2. The largest absolute Gasteiger partial charge is 0.326 e. The average molecular weight is 453 g/mol. The number of benzene rings is 2. The van der Waals surface area contributed by atoms with Crippen LogP contribution >= 0.6 is 22.9 Å². The van der Waals surface area contributed by atoms with Gasteiger partial charge in [0, 0.05) is 28.7 Å². The van der Waals surface area contributed by atoms with E-state index < -0.39 is 0 Å². The van der Waals surface area contributed by atoms with Crippen molar-refractivity contribution in [3.05, 3.63) is 75.3 Å². The minimum absolute atomic E-state index is 0.158. The zero-order valence-electron chi connectivity index (χ0n) is 17.3. The number of nitrogens with one attached hydrogen (secondary N) is 2. The van der Waals surface area contributed by atoms with Gasteiger partial charge < -0.3 is 10.6 Å². The fourth-order valence-electron chi connectivity index (χ4n) is 3.34. The van der Waals surface area contributed by atoms with E-state index >= 15 is 0 Å². The molecule has 158 valence electrons. The zero-order chi connectivity index (χ0) is 22.1. The number of hydrogen-bond acceptors (Lipinski definition) is 4. The normalized spacial score (nSPS) is 11.0. The Hall–Kier alpha value is -3.16. The van der Waals surface area contributed by atoms with Crippen molar-refractivity contribution in [1.29, 1.82) is 0 Å². The Morgan fingerprint density at radius 1 is 1.10 bits per heavy atom. The molecule has 0 saturated heterocycles. The van der Waals surface area contributed by atoms with Gasteiger partial charge in [0.15, 0.2) is 0 Å². The van der Waals surface area contributed by atoms with Crippen LogP contribution in [0.2, 0.25) is 5.02 Å². The van der Waals surface area contributed by atoms with Crippen molar-refractivity contribution in [2.75, 3.05) is 10.6 Å². The number of carbonyl (C=O) groups is 2. The number of halogens is 1. The number of fused-ring (bicyclic) bond motifs is 1. The molecule has 0 atom stereocenters. The summed E-state index contributed by atoms with van der Waals surface area (Å²) in [5.74, 6) is -0.364. The van der Waals surface area contributed by atoms with Crippen molar-refractivity contribution in [2.45, 2.75) is 27.3 Å². The first-order chi connectivity index (χ1) is 14.8. The van der Waals surface area contributed by atoms with Gasteiger partial charge in [-0.2, -0.15) is 5.10 Å². The van der Waals surface area contributed by atoms with Crippen LogP contribution in [0.15, 0.2) is 48.5 Å². The molecular formula is C23H21ClN4O2S. The number of hydrogen-bond donors (Lipinski definition) is 2. The lowest BCUT2D eigenvalue weighted by Crippen LogP contribution is -2.12. The Balaban J connectivity index is 1.60. The van der Waals surface area contributed by atoms with Gasteiger partial charge >= 0.3 is 0 Å². The Labute approximate surface area is 188 Å². The summed E-state index contributed by atoms with van der Waals surface area (Å²) in [6.45, 7) is 5.82. The van der Waals surface area contributed by atoms with E-state index in [1.54, 1.807) is 6.07 Å². The lowest BCUT2D eigenvalue weighted by molar-refractivity contribution is -0.114. The number of anilines is 2. The van der Waals surface area contributed by atoms with Gasteiger partial charge in [-0.15, -0.1) is 11.3 Å². The molecule has 2 aromatic heterocycles. The van der Waals surface area contributed by atoms with Gasteiger partial charge in [-0.25, -0.2) is 0 Å². The van der Waals surface area contributed by atoms with E-state index in [4.69, 9.17) is 11.6 Å². The second kappa shape index (κ2) is 8.53. The Kier molecular flexibility index (Phi) is 5.80. The number of thiophene rings is 1. The predicted molar refractivity (Wildman–Crippen MR) is 126 cm³/mol. The maximum Gasteiger partial charge on any atom is 0.265 e. The molecule has 2 N–H and O–H groups in total. The summed E-state index contributed by atoms with van der Waals surface area (Å²) in [5, 5.41) is 11.9. The summed E-state index contributed by atoms with van der Waals surface area (Å²) in [4.78, 5) is 25.8. The fourth-order valence-corrected chi connectivity index (χ4v) is 4.59. The third-order valence-corrected chi connectivity index (χ3v) is 6.43. The van der Waals surface area contributed by atoms with E-state index in [0.717, 1.165) is 27.0 Å². The molecule has 0 fully saturated rings. The molecule has 0 spiro atoms. The molecule has 31 heavy (non-hydrogen) atoms. The zero-order valence-corrected chi connectivity index (χ0v) is 18.9. The third-order valence-electron chi connectivity index (χ3n) is 4.92. The van der Waals surface area contributed by atoms with E-state index in [1.807, 2.05) is 61.0 Å². The molecule has 4 aromatic rings. The van der Waals surface area contributed by atoms with Crippen LogP contribution in [-0.4, -0.2) is 21.6 Å². The molecule has 2 aromatic carbocycles. The SMILES string of the molecule is CC(=O)Nc1cc(NC(=O)c2cc3c(C)nn(Cc4ccccc4Cl)c3s2)ccc1C. The molecule has 2 heterocycles. The number of aryl methyl sites for hydroxylation is 2. The van der Waals surface area contributed by atoms with Crippen molar-refractivity contribution in [1.82, 2.24) is 9.78 Å². The first-order valence-electron chi connectivity index (χ1n) is 9.72.